The zero-order chi connectivity index (χ0) is 11.6. The van der Waals surface area contributed by atoms with E-state index in [4.69, 9.17) is 17.3 Å². The van der Waals surface area contributed by atoms with Gasteiger partial charge >= 0.3 is 0 Å². The molecule has 15 heavy (non-hydrogen) atoms. The molecule has 0 fully saturated rings. The Morgan fingerprint density at radius 2 is 2.27 bits per heavy atom. The fourth-order valence-corrected chi connectivity index (χ4v) is 0.924. The molecular formula is C8H10ClFN4O. The maximum atomic E-state index is 13.2. The molecule has 1 aromatic rings. The van der Waals surface area contributed by atoms with E-state index in [0.717, 1.165) is 6.20 Å². The third kappa shape index (κ3) is 2.76. The van der Waals surface area contributed by atoms with E-state index in [2.05, 4.69) is 15.3 Å². The fourth-order valence-electron chi connectivity index (χ4n) is 0.791. The van der Waals surface area contributed by atoms with Gasteiger partial charge in [-0.25, -0.2) is 9.37 Å². The molecular weight excluding hydrogens is 223 g/mol. The third-order valence-corrected chi connectivity index (χ3v) is 1.94. The molecule has 0 aliphatic rings. The molecule has 7 heteroatoms. The average Bonchev–Trinajstić information content (AvgIpc) is 2.10. The molecule has 1 aromatic heterocycles. The van der Waals surface area contributed by atoms with Gasteiger partial charge < -0.3 is 11.1 Å². The first-order valence-corrected chi connectivity index (χ1v) is 4.47. The molecule has 0 saturated carbocycles. The highest BCUT2D eigenvalue weighted by molar-refractivity contribution is 6.28. The summed E-state index contributed by atoms with van der Waals surface area (Å²) in [6.45, 7) is 3.01. The molecule has 0 atom stereocenters. The van der Waals surface area contributed by atoms with Crippen molar-refractivity contribution in [2.24, 2.45) is 5.73 Å². The van der Waals surface area contributed by atoms with E-state index in [9.17, 15) is 9.18 Å². The van der Waals surface area contributed by atoms with Crippen LogP contribution in [0.2, 0.25) is 5.28 Å². The standard InChI is InChI=1S/C8H10ClFN4O/c1-8(2,6(11)15)14-5-4(10)3-12-7(9)13-5/h3H,1-2H3,(H2,11,15)(H,12,13,14). The molecule has 0 aliphatic carbocycles. The van der Waals surface area contributed by atoms with Crippen molar-refractivity contribution < 1.29 is 9.18 Å². The Hall–Kier alpha value is -1.43. The maximum absolute atomic E-state index is 13.2. The van der Waals surface area contributed by atoms with Crippen molar-refractivity contribution in [1.29, 1.82) is 0 Å². The predicted molar refractivity (Wildman–Crippen MR) is 53.9 cm³/mol. The molecule has 0 unspecified atom stereocenters. The molecule has 0 radical (unpaired) electrons. The maximum Gasteiger partial charge on any atom is 0.242 e. The second kappa shape index (κ2) is 3.98. The minimum atomic E-state index is -1.11. The van der Waals surface area contributed by atoms with Crippen molar-refractivity contribution in [3.05, 3.63) is 17.3 Å². The number of nitrogens with zero attached hydrogens (tertiary/aromatic N) is 2. The van der Waals surface area contributed by atoms with Gasteiger partial charge in [0, 0.05) is 0 Å². The van der Waals surface area contributed by atoms with E-state index in [1.54, 1.807) is 0 Å². The van der Waals surface area contributed by atoms with Crippen molar-refractivity contribution in [2.45, 2.75) is 19.4 Å². The summed E-state index contributed by atoms with van der Waals surface area (Å²) in [4.78, 5) is 18.0. The predicted octanol–water partition coefficient (Wildman–Crippen LogP) is 0.945. The minimum Gasteiger partial charge on any atom is -0.368 e. The Morgan fingerprint density at radius 3 is 2.80 bits per heavy atom. The monoisotopic (exact) mass is 232 g/mol. The van der Waals surface area contributed by atoms with Gasteiger partial charge in [-0.3, -0.25) is 4.79 Å². The molecule has 0 aliphatic heterocycles. The first-order valence-electron chi connectivity index (χ1n) is 4.09. The Morgan fingerprint density at radius 1 is 1.67 bits per heavy atom. The second-order valence-corrected chi connectivity index (χ2v) is 3.79. The molecule has 0 spiro atoms. The molecule has 5 nitrogen and oxygen atoms in total. The van der Waals surface area contributed by atoms with Crippen LogP contribution in [0.15, 0.2) is 6.20 Å². The van der Waals surface area contributed by atoms with Gasteiger partial charge in [-0.2, -0.15) is 4.98 Å². The van der Waals surface area contributed by atoms with Crippen LogP contribution in [0, 0.1) is 5.82 Å². The van der Waals surface area contributed by atoms with E-state index in [0.29, 0.717) is 0 Å². The minimum absolute atomic E-state index is 0.112. The van der Waals surface area contributed by atoms with Crippen LogP contribution in [0.4, 0.5) is 10.2 Å². The number of aromatic nitrogens is 2. The molecule has 1 amide bonds. The number of carbonyl (C=O) groups excluding carboxylic acids is 1. The lowest BCUT2D eigenvalue weighted by Crippen LogP contribution is -2.45. The highest BCUT2D eigenvalue weighted by Gasteiger charge is 2.26. The second-order valence-electron chi connectivity index (χ2n) is 3.45. The molecule has 0 aromatic carbocycles. The van der Waals surface area contributed by atoms with Crippen molar-refractivity contribution >= 4 is 23.3 Å². The number of hydrogen-bond acceptors (Lipinski definition) is 4. The number of rotatable bonds is 3. The Kier molecular flexibility index (Phi) is 3.09. The van der Waals surface area contributed by atoms with Crippen molar-refractivity contribution in [2.75, 3.05) is 5.32 Å². The summed E-state index contributed by atoms with van der Waals surface area (Å²) in [6.07, 6.45) is 0.911. The Balaban J connectivity index is 2.99. The van der Waals surface area contributed by atoms with E-state index >= 15 is 0 Å². The highest BCUT2D eigenvalue weighted by atomic mass is 35.5. The van der Waals surface area contributed by atoms with Gasteiger partial charge in [-0.1, -0.05) is 0 Å². The summed E-state index contributed by atoms with van der Waals surface area (Å²) in [5.41, 5.74) is 3.99. The molecule has 0 bridgehead atoms. The lowest BCUT2D eigenvalue weighted by atomic mass is 10.1. The molecule has 82 valence electrons. The summed E-state index contributed by atoms with van der Waals surface area (Å²) in [7, 11) is 0. The van der Waals surface area contributed by atoms with Crippen molar-refractivity contribution in [1.82, 2.24) is 9.97 Å². The van der Waals surface area contributed by atoms with Crippen LogP contribution in [0.5, 0.6) is 0 Å². The smallest absolute Gasteiger partial charge is 0.242 e. The Bertz CT molecular complexity index is 396. The highest BCUT2D eigenvalue weighted by Crippen LogP contribution is 2.17. The van der Waals surface area contributed by atoms with Crippen LogP contribution < -0.4 is 11.1 Å². The summed E-state index contributed by atoms with van der Waals surface area (Å²) in [6, 6.07) is 0. The van der Waals surface area contributed by atoms with E-state index in [-0.39, 0.29) is 11.1 Å². The number of carbonyl (C=O) groups is 1. The van der Waals surface area contributed by atoms with Crippen LogP contribution in [0.1, 0.15) is 13.8 Å². The fraction of sp³-hybridized carbons (Fsp3) is 0.375. The van der Waals surface area contributed by atoms with Crippen LogP contribution in [-0.2, 0) is 4.79 Å². The van der Waals surface area contributed by atoms with Crippen LogP contribution in [-0.4, -0.2) is 21.4 Å². The number of anilines is 1. The van der Waals surface area contributed by atoms with E-state index < -0.39 is 17.3 Å². The lowest BCUT2D eigenvalue weighted by molar-refractivity contribution is -0.121. The van der Waals surface area contributed by atoms with E-state index in [1.165, 1.54) is 13.8 Å². The first kappa shape index (κ1) is 11.6. The number of amides is 1. The summed E-state index contributed by atoms with van der Waals surface area (Å²) in [5, 5.41) is 2.43. The Labute approximate surface area is 90.9 Å². The summed E-state index contributed by atoms with van der Waals surface area (Å²) in [5.74, 6) is -1.48. The molecule has 1 heterocycles. The quantitative estimate of drug-likeness (QED) is 0.761. The molecule has 3 N–H and O–H groups in total. The number of primary amides is 1. The zero-order valence-corrected chi connectivity index (χ0v) is 8.97. The van der Waals surface area contributed by atoms with Crippen LogP contribution >= 0.6 is 11.6 Å². The third-order valence-electron chi connectivity index (χ3n) is 1.76. The van der Waals surface area contributed by atoms with Crippen LogP contribution in [0.25, 0.3) is 0 Å². The van der Waals surface area contributed by atoms with Crippen molar-refractivity contribution in [3.8, 4) is 0 Å². The largest absolute Gasteiger partial charge is 0.368 e. The zero-order valence-electron chi connectivity index (χ0n) is 8.21. The van der Waals surface area contributed by atoms with Gasteiger partial charge in [0.25, 0.3) is 0 Å². The number of nitrogens with one attached hydrogen (secondary N) is 1. The number of nitrogens with two attached hydrogens (primary N) is 1. The summed E-state index contributed by atoms with van der Waals surface area (Å²) >= 11 is 5.48. The van der Waals surface area contributed by atoms with Crippen molar-refractivity contribution in [3.63, 3.8) is 0 Å². The number of halogens is 2. The molecule has 1 rings (SSSR count). The first-order chi connectivity index (χ1) is 6.83. The normalized spacial score (nSPS) is 11.2. The van der Waals surface area contributed by atoms with Gasteiger partial charge in [0.15, 0.2) is 11.6 Å². The lowest BCUT2D eigenvalue weighted by Gasteiger charge is -2.22. The molecule has 0 saturated heterocycles. The SMILES string of the molecule is CC(C)(Nc1nc(Cl)ncc1F)C(N)=O. The topological polar surface area (TPSA) is 80.9 Å². The van der Waals surface area contributed by atoms with Gasteiger partial charge in [0.1, 0.15) is 5.54 Å². The number of hydrogen-bond donors (Lipinski definition) is 2. The van der Waals surface area contributed by atoms with Gasteiger partial charge in [0.05, 0.1) is 6.20 Å². The average molecular weight is 233 g/mol. The van der Waals surface area contributed by atoms with E-state index in [1.807, 2.05) is 0 Å². The summed E-state index contributed by atoms with van der Waals surface area (Å²) < 4.78 is 13.2. The van der Waals surface area contributed by atoms with Crippen LogP contribution in [0.3, 0.4) is 0 Å². The van der Waals surface area contributed by atoms with Gasteiger partial charge in [-0.15, -0.1) is 0 Å². The van der Waals surface area contributed by atoms with Gasteiger partial charge in [0.2, 0.25) is 11.2 Å². The van der Waals surface area contributed by atoms with Gasteiger partial charge in [-0.05, 0) is 25.4 Å².